The largest absolute Gasteiger partial charge is 0.427 e. The third-order valence-corrected chi connectivity index (χ3v) is 5.38. The van der Waals surface area contributed by atoms with E-state index in [1.807, 2.05) is 30.3 Å². The third kappa shape index (κ3) is 6.14. The molecule has 0 saturated carbocycles. The number of carbonyl (C=O) groups is 1. The van der Waals surface area contributed by atoms with Crippen LogP contribution in [-0.2, 0) is 4.79 Å². The van der Waals surface area contributed by atoms with Gasteiger partial charge in [0.25, 0.3) is 0 Å². The highest BCUT2D eigenvalue weighted by atomic mass is 16.5. The van der Waals surface area contributed by atoms with E-state index in [0.29, 0.717) is 18.1 Å². The SMILES string of the molecule is CCC(C)CC1CC=C(C(C)CCC(=O)Oc2ccccc2)CC1. The molecule has 132 valence electrons. The van der Waals surface area contributed by atoms with Crippen LogP contribution >= 0.6 is 0 Å². The molecule has 0 aromatic heterocycles. The lowest BCUT2D eigenvalue weighted by molar-refractivity contribution is -0.134. The number of benzene rings is 1. The lowest BCUT2D eigenvalue weighted by Crippen LogP contribution is -2.14. The Labute approximate surface area is 147 Å². The standard InChI is InChI=1S/C22H32O2/c1-4-17(2)16-19-11-13-20(14-12-19)18(3)10-15-22(23)24-21-8-6-5-7-9-21/h5-9,13,17-19H,4,10-12,14-16H2,1-3H3. The van der Waals surface area contributed by atoms with Gasteiger partial charge in [-0.1, -0.05) is 57.0 Å². The van der Waals surface area contributed by atoms with Crippen LogP contribution in [0, 0.1) is 17.8 Å². The molecule has 0 bridgehead atoms. The summed E-state index contributed by atoms with van der Waals surface area (Å²) in [5.74, 6) is 2.70. The summed E-state index contributed by atoms with van der Waals surface area (Å²) < 4.78 is 5.37. The highest BCUT2D eigenvalue weighted by Gasteiger charge is 2.20. The van der Waals surface area contributed by atoms with Crippen molar-refractivity contribution in [3.8, 4) is 5.75 Å². The summed E-state index contributed by atoms with van der Waals surface area (Å²) in [4.78, 5) is 12.0. The zero-order valence-corrected chi connectivity index (χ0v) is 15.5. The van der Waals surface area contributed by atoms with Gasteiger partial charge in [0.2, 0.25) is 0 Å². The lowest BCUT2D eigenvalue weighted by atomic mass is 9.79. The molecule has 0 spiro atoms. The Bertz CT molecular complexity index is 532. The minimum absolute atomic E-state index is 0.126. The maximum Gasteiger partial charge on any atom is 0.311 e. The molecule has 0 radical (unpaired) electrons. The van der Waals surface area contributed by atoms with Gasteiger partial charge in [0.1, 0.15) is 5.75 Å². The number of para-hydroxylation sites is 1. The van der Waals surface area contributed by atoms with Crippen molar-refractivity contribution < 1.29 is 9.53 Å². The molecule has 1 aliphatic rings. The zero-order chi connectivity index (χ0) is 17.4. The monoisotopic (exact) mass is 328 g/mol. The van der Waals surface area contributed by atoms with Crippen molar-refractivity contribution in [3.05, 3.63) is 42.0 Å². The molecular weight excluding hydrogens is 296 g/mol. The van der Waals surface area contributed by atoms with Crippen LogP contribution in [0.3, 0.4) is 0 Å². The van der Waals surface area contributed by atoms with Gasteiger partial charge >= 0.3 is 5.97 Å². The minimum Gasteiger partial charge on any atom is -0.427 e. The van der Waals surface area contributed by atoms with Crippen molar-refractivity contribution in [1.29, 1.82) is 0 Å². The Morgan fingerprint density at radius 1 is 1.25 bits per heavy atom. The number of hydrogen-bond acceptors (Lipinski definition) is 2. The second kappa shape index (κ2) is 9.66. The molecule has 24 heavy (non-hydrogen) atoms. The summed E-state index contributed by atoms with van der Waals surface area (Å²) in [7, 11) is 0. The summed E-state index contributed by atoms with van der Waals surface area (Å²) in [6.07, 6.45) is 10.2. The van der Waals surface area contributed by atoms with Crippen LogP contribution < -0.4 is 4.74 Å². The van der Waals surface area contributed by atoms with Gasteiger partial charge in [-0.25, -0.2) is 0 Å². The van der Waals surface area contributed by atoms with Crippen LogP contribution in [0.4, 0.5) is 0 Å². The number of allylic oxidation sites excluding steroid dienone is 2. The maximum atomic E-state index is 12.0. The molecule has 1 aliphatic carbocycles. The molecule has 0 amide bonds. The molecule has 3 unspecified atom stereocenters. The first-order valence-corrected chi connectivity index (χ1v) is 9.53. The van der Waals surface area contributed by atoms with E-state index in [1.165, 1.54) is 32.1 Å². The normalized spacial score (nSPS) is 20.1. The van der Waals surface area contributed by atoms with Crippen LogP contribution in [0.1, 0.15) is 65.7 Å². The molecule has 1 aromatic rings. The quantitative estimate of drug-likeness (QED) is 0.324. The van der Waals surface area contributed by atoms with E-state index in [1.54, 1.807) is 5.57 Å². The average molecular weight is 328 g/mol. The molecule has 2 nitrogen and oxygen atoms in total. The second-order valence-electron chi connectivity index (χ2n) is 7.40. The topological polar surface area (TPSA) is 26.3 Å². The lowest BCUT2D eigenvalue weighted by Gasteiger charge is -2.27. The summed E-state index contributed by atoms with van der Waals surface area (Å²) in [5, 5.41) is 0. The van der Waals surface area contributed by atoms with Gasteiger partial charge in [-0.2, -0.15) is 0 Å². The van der Waals surface area contributed by atoms with Gasteiger partial charge in [-0.15, -0.1) is 0 Å². The molecule has 0 heterocycles. The zero-order valence-electron chi connectivity index (χ0n) is 15.5. The molecule has 3 atom stereocenters. The maximum absolute atomic E-state index is 12.0. The smallest absolute Gasteiger partial charge is 0.311 e. The highest BCUT2D eigenvalue weighted by molar-refractivity contribution is 5.72. The Morgan fingerprint density at radius 2 is 2.00 bits per heavy atom. The van der Waals surface area contributed by atoms with Gasteiger partial charge in [0, 0.05) is 6.42 Å². The molecule has 0 aliphatic heterocycles. The Morgan fingerprint density at radius 3 is 2.62 bits per heavy atom. The van der Waals surface area contributed by atoms with E-state index in [0.717, 1.165) is 18.3 Å². The van der Waals surface area contributed by atoms with Crippen LogP contribution in [-0.4, -0.2) is 5.97 Å². The van der Waals surface area contributed by atoms with E-state index in [-0.39, 0.29) is 5.97 Å². The van der Waals surface area contributed by atoms with Crippen molar-refractivity contribution in [3.63, 3.8) is 0 Å². The number of hydrogen-bond donors (Lipinski definition) is 0. The van der Waals surface area contributed by atoms with Crippen molar-refractivity contribution in [1.82, 2.24) is 0 Å². The number of rotatable bonds is 8. The summed E-state index contributed by atoms with van der Waals surface area (Å²) in [6.45, 7) is 6.89. The fourth-order valence-electron chi connectivity index (χ4n) is 3.50. The minimum atomic E-state index is -0.126. The van der Waals surface area contributed by atoms with Crippen LogP contribution in [0.15, 0.2) is 42.0 Å². The number of carbonyl (C=O) groups excluding carboxylic acids is 1. The Hall–Kier alpha value is -1.57. The van der Waals surface area contributed by atoms with Crippen molar-refractivity contribution in [2.75, 3.05) is 0 Å². The summed E-state index contributed by atoms with van der Waals surface area (Å²) in [6, 6.07) is 9.33. The summed E-state index contributed by atoms with van der Waals surface area (Å²) in [5.41, 5.74) is 1.54. The molecule has 1 aromatic carbocycles. The van der Waals surface area contributed by atoms with Gasteiger partial charge < -0.3 is 4.74 Å². The second-order valence-corrected chi connectivity index (χ2v) is 7.40. The Kier molecular flexibility index (Phi) is 7.55. The van der Waals surface area contributed by atoms with Crippen LogP contribution in [0.2, 0.25) is 0 Å². The number of ether oxygens (including phenoxy) is 1. The van der Waals surface area contributed by atoms with Crippen molar-refractivity contribution in [2.45, 2.75) is 65.7 Å². The fourth-order valence-corrected chi connectivity index (χ4v) is 3.50. The molecule has 0 fully saturated rings. The first-order valence-electron chi connectivity index (χ1n) is 9.53. The molecule has 2 heteroatoms. The highest BCUT2D eigenvalue weighted by Crippen LogP contribution is 2.33. The van der Waals surface area contributed by atoms with Gasteiger partial charge in [-0.05, 0) is 62.0 Å². The third-order valence-electron chi connectivity index (χ3n) is 5.38. The predicted octanol–water partition coefficient (Wildman–Crippen LogP) is 6.17. The van der Waals surface area contributed by atoms with Crippen LogP contribution in [0.25, 0.3) is 0 Å². The van der Waals surface area contributed by atoms with E-state index in [9.17, 15) is 4.79 Å². The van der Waals surface area contributed by atoms with Gasteiger partial charge in [0.05, 0.1) is 0 Å². The first-order chi connectivity index (χ1) is 11.6. The summed E-state index contributed by atoms with van der Waals surface area (Å²) >= 11 is 0. The van der Waals surface area contributed by atoms with E-state index < -0.39 is 0 Å². The molecule has 2 rings (SSSR count). The fraction of sp³-hybridized carbons (Fsp3) is 0.591. The molecule has 0 N–H and O–H groups in total. The Balaban J connectivity index is 1.72. The average Bonchev–Trinajstić information content (AvgIpc) is 2.61. The first kappa shape index (κ1) is 18.8. The van der Waals surface area contributed by atoms with Crippen LogP contribution in [0.5, 0.6) is 5.75 Å². The van der Waals surface area contributed by atoms with E-state index >= 15 is 0 Å². The molecular formula is C22H32O2. The van der Waals surface area contributed by atoms with Gasteiger partial charge in [-0.3, -0.25) is 4.79 Å². The predicted molar refractivity (Wildman–Crippen MR) is 100.0 cm³/mol. The number of esters is 1. The van der Waals surface area contributed by atoms with Crippen molar-refractivity contribution in [2.24, 2.45) is 17.8 Å². The van der Waals surface area contributed by atoms with Crippen molar-refractivity contribution >= 4 is 5.97 Å². The van der Waals surface area contributed by atoms with E-state index in [4.69, 9.17) is 4.74 Å². The molecule has 0 saturated heterocycles. The van der Waals surface area contributed by atoms with Gasteiger partial charge in [0.15, 0.2) is 0 Å². The van der Waals surface area contributed by atoms with E-state index in [2.05, 4.69) is 26.8 Å².